The Labute approximate surface area is 229 Å². The maximum Gasteiger partial charge on any atom is 0.222 e. The standard InChI is InChI=1S/C31H34N4O2S/c1-37-28-15-8-12-26(23-28)30-32-33-31(35(30)27-13-6-3-7-14-27)38-21-9-16-29(36)34-19-17-25(18-20-34)22-24-10-4-2-5-11-24/h2-8,10-15,23,25H,9,16-22H2,1H3. The maximum atomic E-state index is 12.9. The lowest BCUT2D eigenvalue weighted by atomic mass is 9.90. The summed E-state index contributed by atoms with van der Waals surface area (Å²) >= 11 is 1.64. The van der Waals surface area contributed by atoms with Gasteiger partial charge in [0.1, 0.15) is 5.75 Å². The van der Waals surface area contributed by atoms with Crippen LogP contribution in [0.15, 0.2) is 90.1 Å². The van der Waals surface area contributed by atoms with E-state index in [9.17, 15) is 4.79 Å². The zero-order valence-electron chi connectivity index (χ0n) is 21.8. The molecule has 0 N–H and O–H groups in total. The van der Waals surface area contributed by atoms with E-state index in [1.165, 1.54) is 5.56 Å². The minimum Gasteiger partial charge on any atom is -0.497 e. The van der Waals surface area contributed by atoms with Crippen LogP contribution in [0.4, 0.5) is 0 Å². The monoisotopic (exact) mass is 526 g/mol. The highest BCUT2D eigenvalue weighted by Gasteiger charge is 2.23. The molecule has 1 amide bonds. The number of carbonyl (C=O) groups is 1. The van der Waals surface area contributed by atoms with Crippen LogP contribution >= 0.6 is 11.8 Å². The number of thioether (sulfide) groups is 1. The summed E-state index contributed by atoms with van der Waals surface area (Å²) in [5, 5.41) is 9.86. The number of likely N-dealkylation sites (tertiary alicyclic amines) is 1. The van der Waals surface area contributed by atoms with E-state index in [0.29, 0.717) is 12.3 Å². The van der Waals surface area contributed by atoms with Gasteiger partial charge in [-0.25, -0.2) is 0 Å². The molecule has 38 heavy (non-hydrogen) atoms. The highest BCUT2D eigenvalue weighted by molar-refractivity contribution is 7.99. The summed E-state index contributed by atoms with van der Waals surface area (Å²) in [6.45, 7) is 1.74. The van der Waals surface area contributed by atoms with Crippen molar-refractivity contribution in [3.63, 3.8) is 0 Å². The van der Waals surface area contributed by atoms with E-state index >= 15 is 0 Å². The van der Waals surface area contributed by atoms with Crippen LogP contribution in [0.3, 0.4) is 0 Å². The first-order chi connectivity index (χ1) is 18.7. The van der Waals surface area contributed by atoms with Gasteiger partial charge in [-0.2, -0.15) is 0 Å². The fourth-order valence-electron chi connectivity index (χ4n) is 5.00. The van der Waals surface area contributed by atoms with Crippen LogP contribution in [0.5, 0.6) is 5.75 Å². The van der Waals surface area contributed by atoms with Gasteiger partial charge in [-0.1, -0.05) is 72.4 Å². The van der Waals surface area contributed by atoms with Crippen molar-refractivity contribution in [2.75, 3.05) is 26.0 Å². The normalized spacial score (nSPS) is 14.0. The summed E-state index contributed by atoms with van der Waals surface area (Å²) in [5.74, 6) is 3.29. The second-order valence-corrected chi connectivity index (χ2v) is 10.7. The minimum atomic E-state index is 0.269. The molecule has 0 radical (unpaired) electrons. The van der Waals surface area contributed by atoms with E-state index in [4.69, 9.17) is 4.74 Å². The van der Waals surface area contributed by atoms with Crippen molar-refractivity contribution < 1.29 is 9.53 Å². The molecular formula is C31H34N4O2S. The molecule has 6 nitrogen and oxygen atoms in total. The number of aromatic nitrogens is 3. The van der Waals surface area contributed by atoms with Crippen LogP contribution in [0.1, 0.15) is 31.2 Å². The van der Waals surface area contributed by atoms with Gasteiger partial charge in [0.15, 0.2) is 11.0 Å². The van der Waals surface area contributed by atoms with Crippen molar-refractivity contribution in [3.8, 4) is 22.8 Å². The molecule has 4 aromatic rings. The largest absolute Gasteiger partial charge is 0.497 e. The lowest BCUT2D eigenvalue weighted by molar-refractivity contribution is -0.132. The number of rotatable bonds is 10. The van der Waals surface area contributed by atoms with Crippen molar-refractivity contribution >= 4 is 17.7 Å². The summed E-state index contributed by atoms with van der Waals surface area (Å²) in [6.07, 6.45) is 4.66. The fraction of sp³-hybridized carbons (Fsp3) is 0.323. The van der Waals surface area contributed by atoms with Gasteiger partial charge in [0, 0.05) is 36.5 Å². The topological polar surface area (TPSA) is 60.3 Å². The molecule has 7 heteroatoms. The molecule has 0 bridgehead atoms. The Morgan fingerprint density at radius 2 is 1.68 bits per heavy atom. The molecule has 196 valence electrons. The number of hydrogen-bond acceptors (Lipinski definition) is 5. The van der Waals surface area contributed by atoms with E-state index < -0.39 is 0 Å². The van der Waals surface area contributed by atoms with E-state index in [-0.39, 0.29) is 5.91 Å². The highest BCUT2D eigenvalue weighted by Crippen LogP contribution is 2.30. The number of ether oxygens (including phenoxy) is 1. The van der Waals surface area contributed by atoms with Gasteiger partial charge in [-0.15, -0.1) is 10.2 Å². The zero-order valence-corrected chi connectivity index (χ0v) is 22.6. The number of benzene rings is 3. The molecule has 1 aliphatic rings. The summed E-state index contributed by atoms with van der Waals surface area (Å²) in [6, 6.07) is 28.7. The van der Waals surface area contributed by atoms with Gasteiger partial charge in [0.05, 0.1) is 7.11 Å². The van der Waals surface area contributed by atoms with Crippen LogP contribution in [0.2, 0.25) is 0 Å². The Morgan fingerprint density at radius 3 is 2.42 bits per heavy atom. The van der Waals surface area contributed by atoms with Gasteiger partial charge < -0.3 is 9.64 Å². The second kappa shape index (κ2) is 12.8. The average molecular weight is 527 g/mol. The summed E-state index contributed by atoms with van der Waals surface area (Å²) in [4.78, 5) is 14.9. The molecule has 1 aromatic heterocycles. The van der Waals surface area contributed by atoms with Crippen molar-refractivity contribution in [2.45, 2.75) is 37.3 Å². The molecule has 0 saturated carbocycles. The van der Waals surface area contributed by atoms with E-state index in [2.05, 4.69) is 62.1 Å². The molecule has 0 atom stereocenters. The Bertz CT molecular complexity index is 1320. The summed E-state index contributed by atoms with van der Waals surface area (Å²) in [5.41, 5.74) is 3.35. The van der Waals surface area contributed by atoms with Crippen molar-refractivity contribution in [1.29, 1.82) is 0 Å². The van der Waals surface area contributed by atoms with Gasteiger partial charge in [0.2, 0.25) is 5.91 Å². The van der Waals surface area contributed by atoms with Gasteiger partial charge >= 0.3 is 0 Å². The molecule has 0 spiro atoms. The SMILES string of the molecule is COc1cccc(-c2nnc(SCCCC(=O)N3CCC(Cc4ccccc4)CC3)n2-c2ccccc2)c1. The average Bonchev–Trinajstić information content (AvgIpc) is 3.40. The van der Waals surface area contributed by atoms with Gasteiger partial charge in [-0.3, -0.25) is 9.36 Å². The molecule has 5 rings (SSSR count). The number of nitrogens with zero attached hydrogens (tertiary/aromatic N) is 4. The number of piperidine rings is 1. The van der Waals surface area contributed by atoms with Crippen LogP contribution in [-0.2, 0) is 11.2 Å². The molecule has 1 aliphatic heterocycles. The number of amides is 1. The first kappa shape index (κ1) is 26.0. The highest BCUT2D eigenvalue weighted by atomic mass is 32.2. The molecule has 1 saturated heterocycles. The first-order valence-electron chi connectivity index (χ1n) is 13.3. The third-order valence-electron chi connectivity index (χ3n) is 7.08. The lowest BCUT2D eigenvalue weighted by Crippen LogP contribution is -2.38. The van der Waals surface area contributed by atoms with Crippen molar-refractivity contribution in [2.24, 2.45) is 5.92 Å². The van der Waals surface area contributed by atoms with Crippen LogP contribution in [0, 0.1) is 5.92 Å². The number of methoxy groups -OCH3 is 1. The van der Waals surface area contributed by atoms with Crippen LogP contribution < -0.4 is 4.74 Å². The molecule has 0 aliphatic carbocycles. The molecular weight excluding hydrogens is 492 g/mol. The van der Waals surface area contributed by atoms with Crippen molar-refractivity contribution in [3.05, 3.63) is 90.5 Å². The number of para-hydroxylation sites is 1. The smallest absolute Gasteiger partial charge is 0.222 e. The molecule has 3 aromatic carbocycles. The first-order valence-corrected chi connectivity index (χ1v) is 14.3. The van der Waals surface area contributed by atoms with E-state index in [1.807, 2.05) is 42.5 Å². The quantitative estimate of drug-likeness (QED) is 0.179. The fourth-order valence-corrected chi connectivity index (χ4v) is 5.89. The molecule has 2 heterocycles. The number of hydrogen-bond donors (Lipinski definition) is 0. The van der Waals surface area contributed by atoms with Crippen LogP contribution in [0.25, 0.3) is 17.1 Å². The summed E-state index contributed by atoms with van der Waals surface area (Å²) in [7, 11) is 1.66. The third-order valence-corrected chi connectivity index (χ3v) is 8.09. The van der Waals surface area contributed by atoms with Gasteiger partial charge in [-0.05, 0) is 61.4 Å². The summed E-state index contributed by atoms with van der Waals surface area (Å²) < 4.78 is 7.50. The Hall–Kier alpha value is -3.58. The minimum absolute atomic E-state index is 0.269. The van der Waals surface area contributed by atoms with E-state index in [0.717, 1.165) is 72.5 Å². The predicted octanol–water partition coefficient (Wildman–Crippen LogP) is 6.30. The third kappa shape index (κ3) is 6.45. The number of carbonyl (C=O) groups excluding carboxylic acids is 1. The Kier molecular flexibility index (Phi) is 8.76. The molecule has 1 fully saturated rings. The van der Waals surface area contributed by atoms with E-state index in [1.54, 1.807) is 18.9 Å². The van der Waals surface area contributed by atoms with Crippen molar-refractivity contribution in [1.82, 2.24) is 19.7 Å². The lowest BCUT2D eigenvalue weighted by Gasteiger charge is -2.32. The second-order valence-electron chi connectivity index (χ2n) is 9.67. The zero-order chi connectivity index (χ0) is 26.2. The molecule has 0 unspecified atom stereocenters. The predicted molar refractivity (Wildman–Crippen MR) is 153 cm³/mol. The van der Waals surface area contributed by atoms with Gasteiger partial charge in [0.25, 0.3) is 0 Å². The Morgan fingerprint density at radius 1 is 0.947 bits per heavy atom. The van der Waals surface area contributed by atoms with Crippen LogP contribution in [-0.4, -0.2) is 51.5 Å². The maximum absolute atomic E-state index is 12.9. The Balaban J connectivity index is 1.16.